The van der Waals surface area contributed by atoms with Gasteiger partial charge in [-0.1, -0.05) is 73.7 Å². The minimum atomic E-state index is -0.309. The summed E-state index contributed by atoms with van der Waals surface area (Å²) in [6.07, 6.45) is 24.2. The first-order valence-electron chi connectivity index (χ1n) is 45.0. The van der Waals surface area contributed by atoms with Crippen LogP contribution in [0.3, 0.4) is 0 Å². The van der Waals surface area contributed by atoms with Gasteiger partial charge in [-0.25, -0.2) is 0 Å². The number of H-pyrrole nitrogens is 1. The van der Waals surface area contributed by atoms with Crippen LogP contribution in [0.25, 0.3) is 122 Å². The number of carbonyl (C=O) groups excluding carboxylic acids is 6. The number of benzene rings is 8. The molecular weight excluding hydrogens is 1690 g/mol. The number of carbonyl (C=O) groups is 6. The van der Waals surface area contributed by atoms with Crippen LogP contribution in [0.5, 0.6) is 0 Å². The van der Waals surface area contributed by atoms with Gasteiger partial charge in [-0.05, 0) is 171 Å². The summed E-state index contributed by atoms with van der Waals surface area (Å²) < 4.78 is 12.9. The largest absolute Gasteiger partial charge is 0.380 e. The van der Waals surface area contributed by atoms with Crippen molar-refractivity contribution >= 4 is 136 Å². The third kappa shape index (κ3) is 18.1. The quantitative estimate of drug-likeness (QED) is 0.0606. The monoisotopic (exact) mass is 1790 g/mol. The Morgan fingerprint density at radius 2 is 0.866 bits per heavy atom. The number of aromatic nitrogens is 16. The Bertz CT molecular complexity index is 7490. The lowest BCUT2D eigenvalue weighted by Gasteiger charge is -2.16. The smallest absolute Gasteiger partial charge is 0.259 e. The van der Waals surface area contributed by atoms with Crippen molar-refractivity contribution in [2.75, 3.05) is 53.2 Å². The van der Waals surface area contributed by atoms with E-state index in [9.17, 15) is 28.8 Å². The van der Waals surface area contributed by atoms with Crippen molar-refractivity contribution in [1.29, 1.82) is 0 Å². The molecule has 134 heavy (non-hydrogen) atoms. The number of nitrogens with zero attached hydrogens (tertiary/aromatic N) is 15. The Morgan fingerprint density at radius 1 is 0.388 bits per heavy atom. The summed E-state index contributed by atoms with van der Waals surface area (Å²) >= 11 is 0. The number of hydrogen-bond donors (Lipinski definition) is 11. The second-order valence-corrected chi connectivity index (χ2v) is 35.9. The first-order chi connectivity index (χ1) is 64.7. The van der Waals surface area contributed by atoms with E-state index in [1.807, 2.05) is 158 Å². The molecule has 1 saturated carbocycles. The number of amides is 6. The van der Waals surface area contributed by atoms with E-state index in [-0.39, 0.29) is 59.6 Å². The summed E-state index contributed by atoms with van der Waals surface area (Å²) in [5.74, 6) is 1.22. The number of para-hydroxylation sites is 3. The summed E-state index contributed by atoms with van der Waals surface area (Å²) in [5, 5.41) is 70.2. The lowest BCUT2D eigenvalue weighted by Crippen LogP contribution is -2.20. The van der Waals surface area contributed by atoms with E-state index in [2.05, 4.69) is 204 Å². The lowest BCUT2D eigenvalue weighted by atomic mass is 9.91. The van der Waals surface area contributed by atoms with E-state index in [0.717, 1.165) is 129 Å². The van der Waals surface area contributed by atoms with Crippen LogP contribution in [0.2, 0.25) is 0 Å². The van der Waals surface area contributed by atoms with Gasteiger partial charge in [0.2, 0.25) is 29.5 Å². The third-order valence-electron chi connectivity index (χ3n) is 25.0. The van der Waals surface area contributed by atoms with E-state index >= 15 is 0 Å². The van der Waals surface area contributed by atoms with Gasteiger partial charge in [-0.15, -0.1) is 0 Å². The summed E-state index contributed by atoms with van der Waals surface area (Å²) in [5.41, 5.74) is 28.8. The Balaban J connectivity index is 0.000000108. The first kappa shape index (κ1) is 87.1. The second-order valence-electron chi connectivity index (χ2n) is 35.9. The predicted molar refractivity (Wildman–Crippen MR) is 528 cm³/mol. The maximum Gasteiger partial charge on any atom is 0.259 e. The summed E-state index contributed by atoms with van der Waals surface area (Å²) in [6.45, 7) is 10.1. The van der Waals surface area contributed by atoms with Crippen molar-refractivity contribution < 1.29 is 28.8 Å². The van der Waals surface area contributed by atoms with Crippen molar-refractivity contribution in [2.45, 2.75) is 116 Å². The van der Waals surface area contributed by atoms with Crippen LogP contribution in [0.1, 0.15) is 107 Å². The minimum absolute atomic E-state index is 0.00993. The molecule has 23 rings (SSSR count). The summed E-state index contributed by atoms with van der Waals surface area (Å²) in [7, 11) is 13.4. The fraction of sp³-hybridized carbons (Fsp3) is 0.255. The van der Waals surface area contributed by atoms with E-state index in [1.54, 1.807) is 56.4 Å². The average Bonchev–Trinajstić information content (AvgIpc) is 1.60. The van der Waals surface area contributed by atoms with Gasteiger partial charge < -0.3 is 57.7 Å². The maximum absolute atomic E-state index is 13.1. The zero-order chi connectivity index (χ0) is 93.0. The Morgan fingerprint density at radius 3 is 1.47 bits per heavy atom. The molecule has 9 aromatic heterocycles. The van der Waals surface area contributed by atoms with Crippen molar-refractivity contribution in [1.82, 2.24) is 78.4 Å². The first-order valence-corrected chi connectivity index (χ1v) is 45.0. The number of hydrogen-bond acceptors (Lipinski definition) is 18. The average molecular weight is 1790 g/mol. The molecule has 5 atom stereocenters. The standard InChI is InChI=1S/C22H23N3O.C21H21N7O.C21H20N6O.C19H21N7O2.C19H19N3O/c1-13-10-17-16(4-3-5-19(17)23-21(26)11-13)15-8-9-20-18(12-15)22(14-6-7-14)24-25(20)2;1-12-6-19(29)25-17-10-22-9-16(21(17)24-12)13-4-5-18-15(7-13)20(26-28(18)3)14-8-23-27(2)11-14;1-12-8-19(28)24-18-5-3-4-15(21(18)23-12)13-6-7-17-16(9-13)20(26-25-17)14-10-22-27(2)11-14;1-11-7-16(27)22-15-6-4-5-13(17(15)21-11)19(28)23-18-14(10-26(3)24-18)12-8-20-25(2)9-12;1-12-10-18(23)21-16-5-3-4-15(19(16)20-12)13-6-7-17-14(11-13)8-9-22(17)2/h3-5,8-9,12-14H,6-7,10-11H2,1-2H3,(H,23,26);4-5,7-12,24H,6H2,1-3H3,(H,25,29);3-7,9-12,23H,8H2,1-2H3,(H,24,28)(H,25,26);4-6,8-11,21H,7H2,1-3H3,(H,22,27)(H,23,24,28);3-9,11-12,20H,10H2,1-2H3,(H,21,23)/t13-;2*12-;11-;12-/m11111/s1. The number of nitrogens with one attached hydrogen (secondary N) is 11. The maximum atomic E-state index is 13.1. The minimum Gasteiger partial charge on any atom is -0.380 e. The van der Waals surface area contributed by atoms with Gasteiger partial charge >= 0.3 is 0 Å². The number of pyridine rings is 1. The van der Waals surface area contributed by atoms with Crippen molar-refractivity contribution in [2.24, 2.45) is 55.3 Å². The molecule has 6 amide bonds. The van der Waals surface area contributed by atoms with Gasteiger partial charge in [0.1, 0.15) is 11.4 Å². The van der Waals surface area contributed by atoms with Gasteiger partial charge in [0, 0.05) is 220 Å². The lowest BCUT2D eigenvalue weighted by molar-refractivity contribution is -0.117. The molecule has 1 fully saturated rings. The van der Waals surface area contributed by atoms with E-state index < -0.39 is 0 Å². The predicted octanol–water partition coefficient (Wildman–Crippen LogP) is 17.8. The molecule has 8 aromatic carbocycles. The molecule has 5 aliphatic heterocycles. The topological polar surface area (TPSA) is 376 Å². The SMILES string of the molecule is C[C@@H]1CC(=O)Nc2cccc(-c3ccc4[nH]nc(-c5cnn(C)c5)c4c3)c2N1.C[C@@H]1CC(=O)Nc2cccc(-c3ccc4c(ccn4C)c3)c2N1.C[C@@H]1CC(=O)Nc2cccc(C(=O)Nc3nn(C)cc3-c3cnn(C)c3)c2N1.C[C@@H]1CC(=O)Nc2cncc(-c3ccc4c(c3)c(-c3cnn(C)c3)nn4C)c2N1.C[C@H]1CC(=O)Nc2cccc(-c3ccc4c(c3)c(C3CC3)nn4C)c2C1. The highest BCUT2D eigenvalue weighted by molar-refractivity contribution is 6.13. The number of aromatic amines is 1. The van der Waals surface area contributed by atoms with E-state index in [4.69, 9.17) is 10.2 Å². The van der Waals surface area contributed by atoms with Crippen LogP contribution in [0, 0.1) is 5.92 Å². The number of anilines is 10. The fourth-order valence-electron chi connectivity index (χ4n) is 18.5. The molecule has 0 unspecified atom stereocenters. The second kappa shape index (κ2) is 36.2. The molecule has 0 radical (unpaired) electrons. The molecule has 678 valence electrons. The van der Waals surface area contributed by atoms with Gasteiger partial charge in [0.25, 0.3) is 5.91 Å². The van der Waals surface area contributed by atoms with Gasteiger partial charge in [-0.3, -0.25) is 66.9 Å². The highest BCUT2D eigenvalue weighted by atomic mass is 16.2. The Kier molecular flexibility index (Phi) is 23.5. The molecule has 32 heteroatoms. The van der Waals surface area contributed by atoms with Gasteiger partial charge in [0.05, 0.1) is 98.1 Å². The highest BCUT2D eigenvalue weighted by Crippen LogP contribution is 2.47. The Labute approximate surface area is 772 Å². The normalized spacial score (nSPS) is 17.1. The van der Waals surface area contributed by atoms with E-state index in [1.165, 1.54) is 57.0 Å². The number of fused-ring (bicyclic) bond motifs is 9. The summed E-state index contributed by atoms with van der Waals surface area (Å²) in [4.78, 5) is 77.5. The van der Waals surface area contributed by atoms with Crippen LogP contribution >= 0.6 is 0 Å². The molecule has 6 aliphatic rings. The molecular formula is C102H104N26O6. The van der Waals surface area contributed by atoms with Crippen LogP contribution in [-0.2, 0) is 79.7 Å². The number of aryl methyl sites for hydroxylation is 7. The number of rotatable bonds is 10. The molecule has 0 bridgehead atoms. The molecule has 0 spiro atoms. The molecule has 32 nitrogen and oxygen atoms in total. The Hall–Kier alpha value is -16.3. The molecule has 17 aromatic rings. The highest BCUT2D eigenvalue weighted by Gasteiger charge is 2.32. The molecule has 1 aliphatic carbocycles. The third-order valence-corrected chi connectivity index (χ3v) is 25.0. The van der Waals surface area contributed by atoms with Gasteiger partial charge in [0.15, 0.2) is 5.82 Å². The molecule has 14 heterocycles. The van der Waals surface area contributed by atoms with Crippen LogP contribution in [0.15, 0.2) is 214 Å². The zero-order valence-corrected chi connectivity index (χ0v) is 76.5. The van der Waals surface area contributed by atoms with Crippen LogP contribution < -0.4 is 53.2 Å². The molecule has 11 N–H and O–H groups in total. The van der Waals surface area contributed by atoms with Gasteiger partial charge in [-0.2, -0.15) is 35.7 Å². The zero-order valence-electron chi connectivity index (χ0n) is 76.5. The van der Waals surface area contributed by atoms with Crippen molar-refractivity contribution in [3.05, 3.63) is 230 Å². The molecule has 0 saturated heterocycles. The fourth-order valence-corrected chi connectivity index (χ4v) is 18.5. The van der Waals surface area contributed by atoms with E-state index in [0.29, 0.717) is 72.4 Å². The van der Waals surface area contributed by atoms with Crippen LogP contribution in [-0.4, -0.2) is 138 Å². The van der Waals surface area contributed by atoms with Crippen LogP contribution in [0.4, 0.5) is 57.0 Å². The summed E-state index contributed by atoms with van der Waals surface area (Å²) in [6, 6.07) is 51.4. The van der Waals surface area contributed by atoms with Crippen molar-refractivity contribution in [3.8, 4) is 78.1 Å². The van der Waals surface area contributed by atoms with Crippen molar-refractivity contribution in [3.63, 3.8) is 0 Å².